The number of carbonyl (C=O) groups excluding carboxylic acids is 1. The van der Waals surface area contributed by atoms with E-state index in [-0.39, 0.29) is 11.9 Å². The van der Waals surface area contributed by atoms with Gasteiger partial charge in [-0.15, -0.1) is 0 Å². The monoisotopic (exact) mass is 167 g/mol. The van der Waals surface area contributed by atoms with E-state index in [9.17, 15) is 4.79 Å². The molecule has 0 aromatic carbocycles. The molecule has 0 aliphatic heterocycles. The van der Waals surface area contributed by atoms with E-state index in [0.29, 0.717) is 0 Å². The zero-order valence-corrected chi connectivity index (χ0v) is 7.53. The Hall–Kier alpha value is -1.32. The molecule has 1 aromatic heterocycles. The summed E-state index contributed by atoms with van der Waals surface area (Å²) in [5, 5.41) is 4.15. The molecule has 1 atom stereocenters. The minimum Gasteiger partial charge on any atom is -0.368 e. The molecule has 0 radical (unpaired) electrons. The second-order valence-corrected chi connectivity index (χ2v) is 2.95. The highest BCUT2D eigenvalue weighted by molar-refractivity contribution is 5.77. The first-order chi connectivity index (χ1) is 5.52. The SMILES string of the molecule is Cc1cc(C)n(C(C)C(N)=O)n1. The van der Waals surface area contributed by atoms with Gasteiger partial charge in [-0.05, 0) is 26.8 Å². The number of hydrogen-bond acceptors (Lipinski definition) is 2. The van der Waals surface area contributed by atoms with Gasteiger partial charge in [0.25, 0.3) is 0 Å². The largest absolute Gasteiger partial charge is 0.368 e. The van der Waals surface area contributed by atoms with Crippen molar-refractivity contribution in [2.75, 3.05) is 0 Å². The van der Waals surface area contributed by atoms with Crippen molar-refractivity contribution in [2.45, 2.75) is 26.8 Å². The van der Waals surface area contributed by atoms with Gasteiger partial charge in [0.15, 0.2) is 0 Å². The summed E-state index contributed by atoms with van der Waals surface area (Å²) in [4.78, 5) is 10.8. The highest BCUT2D eigenvalue weighted by atomic mass is 16.1. The van der Waals surface area contributed by atoms with Crippen LogP contribution in [-0.2, 0) is 4.79 Å². The summed E-state index contributed by atoms with van der Waals surface area (Å²) in [5.41, 5.74) is 7.01. The molecule has 1 heterocycles. The van der Waals surface area contributed by atoms with E-state index >= 15 is 0 Å². The summed E-state index contributed by atoms with van der Waals surface area (Å²) in [6, 6.07) is 1.55. The van der Waals surface area contributed by atoms with E-state index < -0.39 is 0 Å². The van der Waals surface area contributed by atoms with Crippen molar-refractivity contribution in [1.82, 2.24) is 9.78 Å². The van der Waals surface area contributed by atoms with E-state index in [0.717, 1.165) is 11.4 Å². The van der Waals surface area contributed by atoms with Crippen LogP contribution < -0.4 is 5.73 Å². The molecule has 0 aliphatic rings. The number of carbonyl (C=O) groups is 1. The van der Waals surface area contributed by atoms with Crippen LogP contribution in [0.3, 0.4) is 0 Å². The number of nitrogens with two attached hydrogens (primary N) is 1. The van der Waals surface area contributed by atoms with Gasteiger partial charge in [0.1, 0.15) is 6.04 Å². The van der Waals surface area contributed by atoms with Gasteiger partial charge in [-0.3, -0.25) is 9.48 Å². The van der Waals surface area contributed by atoms with Crippen LogP contribution in [0.1, 0.15) is 24.4 Å². The lowest BCUT2D eigenvalue weighted by Crippen LogP contribution is -2.25. The summed E-state index contributed by atoms with van der Waals surface area (Å²) < 4.78 is 1.64. The van der Waals surface area contributed by atoms with Crippen LogP contribution in [-0.4, -0.2) is 15.7 Å². The molecule has 1 unspecified atom stereocenters. The number of amides is 1. The molecule has 1 amide bonds. The van der Waals surface area contributed by atoms with Crippen LogP contribution in [0.2, 0.25) is 0 Å². The fourth-order valence-corrected chi connectivity index (χ4v) is 1.16. The zero-order chi connectivity index (χ0) is 9.30. The molecule has 2 N–H and O–H groups in total. The van der Waals surface area contributed by atoms with Crippen molar-refractivity contribution >= 4 is 5.91 Å². The smallest absolute Gasteiger partial charge is 0.242 e. The average molecular weight is 167 g/mol. The van der Waals surface area contributed by atoms with Gasteiger partial charge >= 0.3 is 0 Å². The molecule has 0 fully saturated rings. The van der Waals surface area contributed by atoms with E-state index in [1.807, 2.05) is 19.9 Å². The third-order valence-corrected chi connectivity index (χ3v) is 1.82. The lowest BCUT2D eigenvalue weighted by Gasteiger charge is -2.09. The van der Waals surface area contributed by atoms with Crippen molar-refractivity contribution in [2.24, 2.45) is 5.73 Å². The summed E-state index contributed by atoms with van der Waals surface area (Å²) in [7, 11) is 0. The second-order valence-electron chi connectivity index (χ2n) is 2.95. The molecule has 0 aliphatic carbocycles. The molecule has 1 rings (SSSR count). The van der Waals surface area contributed by atoms with Crippen LogP contribution in [0.25, 0.3) is 0 Å². The topological polar surface area (TPSA) is 60.9 Å². The molecule has 0 bridgehead atoms. The van der Waals surface area contributed by atoms with Gasteiger partial charge in [0, 0.05) is 5.69 Å². The molecule has 0 saturated carbocycles. The molecular formula is C8H13N3O. The first kappa shape index (κ1) is 8.77. The van der Waals surface area contributed by atoms with Gasteiger partial charge in [0.2, 0.25) is 5.91 Å². The van der Waals surface area contributed by atoms with Gasteiger partial charge in [-0.25, -0.2) is 0 Å². The van der Waals surface area contributed by atoms with Crippen LogP contribution in [0.5, 0.6) is 0 Å². The Morgan fingerprint density at radius 3 is 2.58 bits per heavy atom. The Kier molecular flexibility index (Phi) is 2.17. The first-order valence-corrected chi connectivity index (χ1v) is 3.84. The normalized spacial score (nSPS) is 12.9. The predicted molar refractivity (Wildman–Crippen MR) is 45.6 cm³/mol. The van der Waals surface area contributed by atoms with Gasteiger partial charge < -0.3 is 5.73 Å². The Morgan fingerprint density at radius 2 is 2.25 bits per heavy atom. The standard InChI is InChI=1S/C8H13N3O/c1-5-4-6(2)11(10-5)7(3)8(9)12/h4,7H,1-3H3,(H2,9,12). The van der Waals surface area contributed by atoms with Crippen molar-refractivity contribution in [3.8, 4) is 0 Å². The first-order valence-electron chi connectivity index (χ1n) is 3.84. The average Bonchev–Trinajstić information content (AvgIpc) is 2.28. The Morgan fingerprint density at radius 1 is 1.67 bits per heavy atom. The van der Waals surface area contributed by atoms with Crippen LogP contribution >= 0.6 is 0 Å². The maximum Gasteiger partial charge on any atom is 0.242 e. The molecular weight excluding hydrogens is 154 g/mol. The van der Waals surface area contributed by atoms with E-state index in [4.69, 9.17) is 5.73 Å². The van der Waals surface area contributed by atoms with Crippen molar-refractivity contribution < 1.29 is 4.79 Å². The van der Waals surface area contributed by atoms with Gasteiger partial charge in [0.05, 0.1) is 5.69 Å². The van der Waals surface area contributed by atoms with Crippen LogP contribution in [0.4, 0.5) is 0 Å². The molecule has 4 heteroatoms. The third-order valence-electron chi connectivity index (χ3n) is 1.82. The summed E-state index contributed by atoms with van der Waals surface area (Å²) in [5.74, 6) is -0.360. The number of rotatable bonds is 2. The summed E-state index contributed by atoms with van der Waals surface area (Å²) in [6.45, 7) is 5.53. The highest BCUT2D eigenvalue weighted by Gasteiger charge is 2.13. The Balaban J connectivity index is 3.02. The van der Waals surface area contributed by atoms with Crippen molar-refractivity contribution in [3.63, 3.8) is 0 Å². The molecule has 1 aromatic rings. The number of primary amides is 1. The molecule has 66 valence electrons. The van der Waals surface area contributed by atoms with Crippen LogP contribution in [0, 0.1) is 13.8 Å². The van der Waals surface area contributed by atoms with Crippen molar-refractivity contribution in [3.05, 3.63) is 17.5 Å². The van der Waals surface area contributed by atoms with E-state index in [1.165, 1.54) is 0 Å². The van der Waals surface area contributed by atoms with E-state index in [2.05, 4.69) is 5.10 Å². The van der Waals surface area contributed by atoms with Crippen molar-refractivity contribution in [1.29, 1.82) is 0 Å². The minimum atomic E-state index is -0.362. The molecule has 12 heavy (non-hydrogen) atoms. The molecule has 4 nitrogen and oxygen atoms in total. The predicted octanol–water partition coefficient (Wildman–Crippen LogP) is 0.546. The van der Waals surface area contributed by atoms with Gasteiger partial charge in [-0.1, -0.05) is 0 Å². The molecule has 0 saturated heterocycles. The quantitative estimate of drug-likeness (QED) is 0.699. The lowest BCUT2D eigenvalue weighted by atomic mass is 10.3. The lowest BCUT2D eigenvalue weighted by molar-refractivity contribution is -0.121. The third kappa shape index (κ3) is 1.47. The number of hydrogen-bond donors (Lipinski definition) is 1. The number of aromatic nitrogens is 2. The maximum atomic E-state index is 10.8. The fraction of sp³-hybridized carbons (Fsp3) is 0.500. The highest BCUT2D eigenvalue weighted by Crippen LogP contribution is 2.09. The Bertz CT molecular complexity index is 303. The fourth-order valence-electron chi connectivity index (χ4n) is 1.16. The second kappa shape index (κ2) is 2.97. The maximum absolute atomic E-state index is 10.8. The summed E-state index contributed by atoms with van der Waals surface area (Å²) >= 11 is 0. The zero-order valence-electron chi connectivity index (χ0n) is 7.53. The number of aryl methyl sites for hydroxylation is 2. The molecule has 0 spiro atoms. The summed E-state index contributed by atoms with van der Waals surface area (Å²) in [6.07, 6.45) is 0. The minimum absolute atomic E-state index is 0.360. The van der Waals surface area contributed by atoms with Gasteiger partial charge in [-0.2, -0.15) is 5.10 Å². The van der Waals surface area contributed by atoms with Crippen LogP contribution in [0.15, 0.2) is 6.07 Å². The number of nitrogens with zero attached hydrogens (tertiary/aromatic N) is 2. The van der Waals surface area contributed by atoms with E-state index in [1.54, 1.807) is 11.6 Å². The Labute approximate surface area is 71.4 Å².